The van der Waals surface area contributed by atoms with Crippen LogP contribution in [0.2, 0.25) is 0 Å². The van der Waals surface area contributed by atoms with Crippen molar-refractivity contribution in [1.82, 2.24) is 10.3 Å². The normalized spacial score (nSPS) is 13.8. The zero-order valence-corrected chi connectivity index (χ0v) is 26.0. The summed E-state index contributed by atoms with van der Waals surface area (Å²) in [7, 11) is 0.977. The highest BCUT2D eigenvalue weighted by Gasteiger charge is 2.22. The van der Waals surface area contributed by atoms with E-state index < -0.39 is 37.4 Å². The molecule has 0 aliphatic heterocycles. The highest BCUT2D eigenvalue weighted by atomic mass is 31.2. The number of hydrogen-bond donors (Lipinski definition) is 1. The van der Waals surface area contributed by atoms with Gasteiger partial charge in [-0.15, -0.1) is 0 Å². The van der Waals surface area contributed by atoms with Crippen LogP contribution in [-0.2, 0) is 32.7 Å². The van der Waals surface area contributed by atoms with Gasteiger partial charge in [-0.3, -0.25) is 24.3 Å². The highest BCUT2D eigenvalue weighted by molar-refractivity contribution is 7.45. The van der Waals surface area contributed by atoms with Gasteiger partial charge in [0.05, 0.1) is 38.4 Å². The van der Waals surface area contributed by atoms with Crippen molar-refractivity contribution < 1.29 is 51.6 Å². The number of aromatic nitrogens is 2. The molecule has 0 amide bonds. The number of nitrogens with one attached hydrogen (secondary N) is 1. The minimum absolute atomic E-state index is 0.0466. The molecule has 1 heterocycles. The predicted molar refractivity (Wildman–Crippen MR) is 153 cm³/mol. The Bertz CT molecular complexity index is 1230. The lowest BCUT2D eigenvalue weighted by molar-refractivity contribution is -0.870. The van der Waals surface area contributed by atoms with Crippen LogP contribution in [0.5, 0.6) is 0 Å². The van der Waals surface area contributed by atoms with Gasteiger partial charge in [-0.1, -0.05) is 26.2 Å². The molecule has 0 fully saturated rings. The van der Waals surface area contributed by atoms with E-state index in [1.54, 1.807) is 0 Å². The van der Waals surface area contributed by atoms with Crippen molar-refractivity contribution in [1.29, 1.82) is 0 Å². The number of anilines is 1. The van der Waals surface area contributed by atoms with Gasteiger partial charge in [-0.05, 0) is 35.6 Å². The number of ether oxygens (including phenoxy) is 2. The van der Waals surface area contributed by atoms with Crippen LogP contribution in [0, 0.1) is 10.1 Å². The van der Waals surface area contributed by atoms with Crippen LogP contribution in [0.1, 0.15) is 58.3 Å². The third kappa shape index (κ3) is 14.2. The van der Waals surface area contributed by atoms with Crippen LogP contribution in [-0.4, -0.2) is 91.8 Å². The Morgan fingerprint density at radius 2 is 1.72 bits per heavy atom. The Balaban J connectivity index is 1.79. The van der Waals surface area contributed by atoms with Crippen LogP contribution in [0.15, 0.2) is 16.8 Å². The Morgan fingerprint density at radius 1 is 1.02 bits per heavy atom. The first-order valence-electron chi connectivity index (χ1n) is 14.2. The van der Waals surface area contributed by atoms with Crippen molar-refractivity contribution in [2.45, 2.75) is 64.4 Å². The molecule has 1 unspecified atom stereocenters. The molecule has 2 atom stereocenters. The number of phosphoric ester groups is 1. The van der Waals surface area contributed by atoms with E-state index in [2.05, 4.69) is 20.3 Å². The number of hydrogen-bond acceptors (Lipinski definition) is 14. The molecule has 17 heteroatoms. The number of nitro groups is 1. The van der Waals surface area contributed by atoms with Crippen LogP contribution < -0.4 is 10.2 Å². The van der Waals surface area contributed by atoms with Crippen molar-refractivity contribution in [2.75, 3.05) is 59.4 Å². The minimum Gasteiger partial charge on any atom is -0.756 e. The van der Waals surface area contributed by atoms with Crippen molar-refractivity contribution in [3.8, 4) is 0 Å². The van der Waals surface area contributed by atoms with Gasteiger partial charge in [0, 0.05) is 25.5 Å². The van der Waals surface area contributed by atoms with E-state index in [9.17, 15) is 29.2 Å². The van der Waals surface area contributed by atoms with Crippen molar-refractivity contribution in [3.63, 3.8) is 0 Å². The van der Waals surface area contributed by atoms with Crippen LogP contribution in [0.3, 0.4) is 0 Å². The van der Waals surface area contributed by atoms with Gasteiger partial charge in [0.15, 0.2) is 11.6 Å². The maximum Gasteiger partial charge on any atom is 0.306 e. The monoisotopic (exact) mass is 631 g/mol. The van der Waals surface area contributed by atoms with Crippen LogP contribution in [0.4, 0.5) is 11.4 Å². The quantitative estimate of drug-likeness (QED) is 0.0494. The summed E-state index contributed by atoms with van der Waals surface area (Å²) in [4.78, 5) is 47.2. The molecule has 0 saturated carbocycles. The number of esters is 2. The number of carbonyl (C=O) groups is 2. The topological polar surface area (TPSA) is 205 Å². The lowest BCUT2D eigenvalue weighted by Gasteiger charge is -2.28. The molecule has 0 aliphatic rings. The maximum absolute atomic E-state index is 12.5. The second kappa shape index (κ2) is 17.8. The number of fused-ring (bicyclic) bond motifs is 1. The summed E-state index contributed by atoms with van der Waals surface area (Å²) in [6.07, 6.45) is 3.35. The number of non-ortho nitro benzene ring substituents is 1. The second-order valence-electron chi connectivity index (χ2n) is 10.9. The van der Waals surface area contributed by atoms with E-state index in [0.717, 1.165) is 12.8 Å². The number of nitrogens with zero attached hydrogens (tertiary/aromatic N) is 4. The average Bonchev–Trinajstić information content (AvgIpc) is 3.41. The number of phosphoric acid groups is 1. The van der Waals surface area contributed by atoms with E-state index in [1.807, 2.05) is 28.1 Å². The molecule has 0 aliphatic carbocycles. The van der Waals surface area contributed by atoms with E-state index >= 15 is 0 Å². The predicted octanol–water partition coefficient (Wildman–Crippen LogP) is 3.35. The fraction of sp³-hybridized carbons (Fsp3) is 0.692. The van der Waals surface area contributed by atoms with E-state index in [0.29, 0.717) is 48.9 Å². The Kier molecular flexibility index (Phi) is 14.9. The Hall–Kier alpha value is -3.17. The lowest BCUT2D eigenvalue weighted by Crippen LogP contribution is -2.37. The zero-order chi connectivity index (χ0) is 31.9. The van der Waals surface area contributed by atoms with Gasteiger partial charge in [-0.2, -0.15) is 0 Å². The number of benzene rings is 1. The molecule has 0 saturated heterocycles. The summed E-state index contributed by atoms with van der Waals surface area (Å²) in [6, 6.07) is 2.84. The van der Waals surface area contributed by atoms with Crippen LogP contribution >= 0.6 is 7.82 Å². The second-order valence-corrected chi connectivity index (χ2v) is 12.3. The van der Waals surface area contributed by atoms with E-state index in [1.165, 1.54) is 12.1 Å². The molecule has 1 N–H and O–H groups in total. The van der Waals surface area contributed by atoms with Crippen LogP contribution in [0.25, 0.3) is 11.0 Å². The summed E-state index contributed by atoms with van der Waals surface area (Å²) in [5, 5.41) is 21.6. The highest BCUT2D eigenvalue weighted by Crippen LogP contribution is 2.38. The molecule has 16 nitrogen and oxygen atoms in total. The average molecular weight is 632 g/mol. The molecule has 242 valence electrons. The van der Waals surface area contributed by atoms with Gasteiger partial charge in [-0.25, -0.2) is 4.63 Å². The first-order valence-corrected chi connectivity index (χ1v) is 15.7. The maximum atomic E-state index is 12.5. The van der Waals surface area contributed by atoms with Crippen molar-refractivity contribution >= 4 is 42.2 Å². The van der Waals surface area contributed by atoms with E-state index in [4.69, 9.17) is 18.5 Å². The standard InChI is InChI=1S/C26H42N5O11P/c1-5-6-8-11-23(32)38-18-20(19-40-43(36,37)39-17-16-31(2,3)4)41-24(33)12-9-7-10-15-27-21-13-14-22(30(34)35)26-25(21)28-42-29-26/h13-14,20H,5-12,15-19H2,1-4H3,(H-,27,29,36,37)/t20-/m1/s1. The lowest BCUT2D eigenvalue weighted by atomic mass is 10.2. The molecule has 0 spiro atoms. The van der Waals surface area contributed by atoms with Crippen molar-refractivity contribution in [2.24, 2.45) is 0 Å². The summed E-state index contributed by atoms with van der Waals surface area (Å²) in [6.45, 7) is 1.94. The summed E-state index contributed by atoms with van der Waals surface area (Å²) in [5.41, 5.74) is 0.622. The Labute approximate surface area is 250 Å². The number of carbonyl (C=O) groups excluding carboxylic acids is 2. The molecule has 2 rings (SSSR count). The number of nitro benzene ring substituents is 1. The molecule has 1 aromatic carbocycles. The summed E-state index contributed by atoms with van der Waals surface area (Å²) in [5.74, 6) is -1.07. The number of rotatable bonds is 22. The first-order chi connectivity index (χ1) is 20.3. The number of unbranched alkanes of at least 4 members (excludes halogenated alkanes) is 4. The van der Waals surface area contributed by atoms with Gasteiger partial charge in [0.2, 0.25) is 5.52 Å². The largest absolute Gasteiger partial charge is 0.756 e. The SMILES string of the molecule is CCCCCC(=O)OC[C@H](COP(=O)([O-])OCC[N+](C)(C)C)OC(=O)CCCCCNc1ccc([N+](=O)[O-])c2nonc12. The minimum atomic E-state index is -4.67. The summed E-state index contributed by atoms with van der Waals surface area (Å²) < 4.78 is 37.7. The number of likely N-dealkylation sites (N-methyl/N-ethyl adjacent to an activating group) is 1. The smallest absolute Gasteiger partial charge is 0.306 e. The van der Waals surface area contributed by atoms with Gasteiger partial charge in [0.25, 0.3) is 7.82 Å². The van der Waals surface area contributed by atoms with E-state index in [-0.39, 0.29) is 42.8 Å². The third-order valence-corrected chi connectivity index (χ3v) is 7.07. The third-order valence-electron chi connectivity index (χ3n) is 6.11. The van der Waals surface area contributed by atoms with Gasteiger partial charge in [0.1, 0.15) is 19.8 Å². The Morgan fingerprint density at radius 3 is 2.42 bits per heavy atom. The number of quaternary nitrogens is 1. The summed E-state index contributed by atoms with van der Waals surface area (Å²) >= 11 is 0. The van der Waals surface area contributed by atoms with Gasteiger partial charge >= 0.3 is 17.6 Å². The molecule has 1 aromatic heterocycles. The fourth-order valence-corrected chi connectivity index (χ4v) is 4.44. The molecule has 2 aromatic rings. The molecular weight excluding hydrogens is 589 g/mol. The van der Waals surface area contributed by atoms with Crippen molar-refractivity contribution in [3.05, 3.63) is 22.2 Å². The molecular formula is C26H42N5O11P. The molecule has 0 bridgehead atoms. The fourth-order valence-electron chi connectivity index (χ4n) is 3.71. The molecule has 0 radical (unpaired) electrons. The molecule has 43 heavy (non-hydrogen) atoms. The first kappa shape index (κ1) is 36.0. The van der Waals surface area contributed by atoms with Gasteiger partial charge < -0.3 is 33.2 Å². The zero-order valence-electron chi connectivity index (χ0n) is 25.2.